The van der Waals surface area contributed by atoms with Crippen molar-refractivity contribution in [1.82, 2.24) is 10.2 Å². The normalized spacial score (nSPS) is 14.7. The quantitative estimate of drug-likeness (QED) is 0.402. The molecule has 1 aliphatic rings. The average molecular weight is 503 g/mol. The second kappa shape index (κ2) is 12.5. The van der Waals surface area contributed by atoms with Crippen LogP contribution < -0.4 is 5.32 Å². The predicted molar refractivity (Wildman–Crippen MR) is 143 cm³/mol. The van der Waals surface area contributed by atoms with Crippen LogP contribution in [-0.2, 0) is 34.4 Å². The number of aryl methyl sites for hydroxylation is 2. The molecular formula is C31H35FN2O3. The van der Waals surface area contributed by atoms with E-state index in [1.54, 1.807) is 12.1 Å². The molecular weight excluding hydrogens is 467 g/mol. The highest BCUT2D eigenvalue weighted by Gasteiger charge is 2.40. The van der Waals surface area contributed by atoms with Gasteiger partial charge in [0.2, 0.25) is 5.91 Å². The smallest absolute Gasteiger partial charge is 0.408 e. The zero-order chi connectivity index (χ0) is 26.1. The van der Waals surface area contributed by atoms with E-state index >= 15 is 0 Å². The molecule has 5 nitrogen and oxygen atoms in total. The van der Waals surface area contributed by atoms with Gasteiger partial charge in [0, 0.05) is 38.9 Å². The van der Waals surface area contributed by atoms with Crippen molar-refractivity contribution < 1.29 is 18.7 Å². The maximum atomic E-state index is 13.1. The van der Waals surface area contributed by atoms with Gasteiger partial charge in [0.15, 0.2) is 0 Å². The molecule has 1 saturated heterocycles. The van der Waals surface area contributed by atoms with Crippen molar-refractivity contribution in [3.63, 3.8) is 0 Å². The first-order valence-electron chi connectivity index (χ1n) is 13.1. The van der Waals surface area contributed by atoms with Gasteiger partial charge in [-0.3, -0.25) is 4.79 Å². The molecule has 37 heavy (non-hydrogen) atoms. The van der Waals surface area contributed by atoms with Gasteiger partial charge in [-0.25, -0.2) is 9.18 Å². The van der Waals surface area contributed by atoms with Crippen molar-refractivity contribution in [3.05, 3.63) is 107 Å². The van der Waals surface area contributed by atoms with Gasteiger partial charge in [0.05, 0.1) is 0 Å². The van der Waals surface area contributed by atoms with Crippen LogP contribution in [0.1, 0.15) is 48.4 Å². The van der Waals surface area contributed by atoms with Gasteiger partial charge in [0.1, 0.15) is 11.4 Å². The second-order valence-electron chi connectivity index (χ2n) is 9.60. The molecule has 0 aliphatic carbocycles. The number of piperidine rings is 1. The van der Waals surface area contributed by atoms with Crippen LogP contribution in [0.15, 0.2) is 78.9 Å². The molecule has 0 aromatic heterocycles. The monoisotopic (exact) mass is 502 g/mol. The lowest BCUT2D eigenvalue weighted by Gasteiger charge is -2.41. The minimum Gasteiger partial charge on any atom is -0.438 e. The average Bonchev–Trinajstić information content (AvgIpc) is 2.94. The fraction of sp³-hybridized carbons (Fsp3) is 0.355. The van der Waals surface area contributed by atoms with E-state index in [9.17, 15) is 14.0 Å². The van der Waals surface area contributed by atoms with Crippen molar-refractivity contribution in [1.29, 1.82) is 0 Å². The van der Waals surface area contributed by atoms with E-state index in [-0.39, 0.29) is 11.7 Å². The van der Waals surface area contributed by atoms with E-state index < -0.39 is 11.7 Å². The van der Waals surface area contributed by atoms with Crippen LogP contribution in [-0.4, -0.2) is 36.5 Å². The fourth-order valence-corrected chi connectivity index (χ4v) is 4.83. The third-order valence-corrected chi connectivity index (χ3v) is 7.17. The maximum absolute atomic E-state index is 13.1. The lowest BCUT2D eigenvalue weighted by molar-refractivity contribution is -0.135. The number of nitrogens with zero attached hydrogens (tertiary/aromatic N) is 1. The summed E-state index contributed by atoms with van der Waals surface area (Å²) >= 11 is 0. The number of hydrogen-bond donors (Lipinski definition) is 1. The molecule has 6 heteroatoms. The number of halogens is 1. The number of nitrogens with one attached hydrogen (secondary N) is 1. The Balaban J connectivity index is 1.32. The standard InChI is InChI=1S/C31H35FN2O3/c1-2-24-8-10-26(11-9-24)18-21-33-30(36)37-31(27-6-4-3-5-7-27)19-22-34(23-20-31)29(35)17-14-25-12-15-28(32)16-13-25/h3-13,15-16H,2,14,17-23H2,1H3,(H,33,36). The van der Waals surface area contributed by atoms with Gasteiger partial charge in [-0.15, -0.1) is 0 Å². The lowest BCUT2D eigenvalue weighted by Crippen LogP contribution is -2.48. The van der Waals surface area contributed by atoms with E-state index in [0.717, 1.165) is 24.0 Å². The Bertz CT molecular complexity index is 1160. The largest absolute Gasteiger partial charge is 0.438 e. The Morgan fingerprint density at radius 3 is 2.11 bits per heavy atom. The summed E-state index contributed by atoms with van der Waals surface area (Å²) < 4.78 is 19.2. The van der Waals surface area contributed by atoms with Crippen LogP contribution in [0, 0.1) is 5.82 Å². The number of hydrogen-bond acceptors (Lipinski definition) is 3. The molecule has 0 atom stereocenters. The lowest BCUT2D eigenvalue weighted by atomic mass is 9.84. The Morgan fingerprint density at radius 1 is 0.865 bits per heavy atom. The minimum absolute atomic E-state index is 0.0597. The number of likely N-dealkylation sites (tertiary alicyclic amines) is 1. The van der Waals surface area contributed by atoms with Gasteiger partial charge in [0.25, 0.3) is 0 Å². The summed E-state index contributed by atoms with van der Waals surface area (Å²) in [5, 5.41) is 2.91. The molecule has 1 N–H and O–H groups in total. The van der Waals surface area contributed by atoms with Gasteiger partial charge >= 0.3 is 6.09 Å². The molecule has 1 fully saturated rings. The Hall–Kier alpha value is -3.67. The second-order valence-corrected chi connectivity index (χ2v) is 9.60. The molecule has 0 bridgehead atoms. The molecule has 1 aliphatic heterocycles. The van der Waals surface area contributed by atoms with Crippen molar-refractivity contribution >= 4 is 12.0 Å². The van der Waals surface area contributed by atoms with Crippen LogP contribution in [0.25, 0.3) is 0 Å². The molecule has 2 amide bonds. The zero-order valence-electron chi connectivity index (χ0n) is 21.4. The molecule has 3 aromatic rings. The number of amides is 2. The Kier molecular flexibility index (Phi) is 8.94. The fourth-order valence-electron chi connectivity index (χ4n) is 4.83. The van der Waals surface area contributed by atoms with Crippen molar-refractivity contribution in [2.24, 2.45) is 0 Å². The molecule has 4 rings (SSSR count). The molecule has 0 saturated carbocycles. The number of rotatable bonds is 9. The number of benzene rings is 3. The number of carbonyl (C=O) groups excluding carboxylic acids is 2. The summed E-state index contributed by atoms with van der Waals surface area (Å²) in [5.74, 6) is -0.220. The number of carbonyl (C=O) groups is 2. The first-order chi connectivity index (χ1) is 18.0. The topological polar surface area (TPSA) is 58.6 Å². The molecule has 3 aromatic carbocycles. The first kappa shape index (κ1) is 26.4. The summed E-state index contributed by atoms with van der Waals surface area (Å²) in [6.07, 6.45) is 3.29. The first-order valence-corrected chi connectivity index (χ1v) is 13.1. The highest BCUT2D eigenvalue weighted by molar-refractivity contribution is 5.76. The van der Waals surface area contributed by atoms with Gasteiger partial charge in [-0.05, 0) is 53.6 Å². The van der Waals surface area contributed by atoms with E-state index in [4.69, 9.17) is 4.74 Å². The molecule has 0 radical (unpaired) electrons. The van der Waals surface area contributed by atoms with E-state index in [2.05, 4.69) is 36.5 Å². The van der Waals surface area contributed by atoms with Gasteiger partial charge in [-0.2, -0.15) is 0 Å². The number of ether oxygens (including phenoxy) is 1. The highest BCUT2D eigenvalue weighted by atomic mass is 19.1. The molecule has 0 spiro atoms. The van der Waals surface area contributed by atoms with Crippen molar-refractivity contribution in [3.8, 4) is 0 Å². The summed E-state index contributed by atoms with van der Waals surface area (Å²) in [7, 11) is 0. The van der Waals surface area contributed by atoms with Crippen LogP contribution in [0.4, 0.5) is 9.18 Å². The SMILES string of the molecule is CCc1ccc(CCNC(=O)OC2(c3ccccc3)CCN(C(=O)CCc3ccc(F)cc3)CC2)cc1. The zero-order valence-corrected chi connectivity index (χ0v) is 21.4. The summed E-state index contributed by atoms with van der Waals surface area (Å²) in [6.45, 7) is 3.63. The van der Waals surface area contributed by atoms with Crippen LogP contribution in [0.3, 0.4) is 0 Å². The van der Waals surface area contributed by atoms with Crippen LogP contribution in [0.2, 0.25) is 0 Å². The summed E-state index contributed by atoms with van der Waals surface area (Å²) in [4.78, 5) is 27.5. The van der Waals surface area contributed by atoms with Gasteiger partial charge < -0.3 is 15.0 Å². The maximum Gasteiger partial charge on any atom is 0.408 e. The Morgan fingerprint density at radius 2 is 1.46 bits per heavy atom. The van der Waals surface area contributed by atoms with E-state index in [1.165, 1.54) is 23.3 Å². The van der Waals surface area contributed by atoms with Crippen LogP contribution in [0.5, 0.6) is 0 Å². The minimum atomic E-state index is -0.776. The summed E-state index contributed by atoms with van der Waals surface area (Å²) in [6, 6.07) is 24.5. The molecule has 1 heterocycles. The number of alkyl carbamates (subject to hydrolysis) is 1. The highest BCUT2D eigenvalue weighted by Crippen LogP contribution is 2.37. The van der Waals surface area contributed by atoms with Crippen LogP contribution >= 0.6 is 0 Å². The third kappa shape index (κ3) is 7.19. The summed E-state index contributed by atoms with van der Waals surface area (Å²) in [5.41, 5.74) is 3.57. The van der Waals surface area contributed by atoms with Gasteiger partial charge in [-0.1, -0.05) is 73.7 Å². The Labute approximate surface area is 218 Å². The van der Waals surface area contributed by atoms with Crippen molar-refractivity contribution in [2.75, 3.05) is 19.6 Å². The molecule has 0 unspecified atom stereocenters. The van der Waals surface area contributed by atoms with Crippen molar-refractivity contribution in [2.45, 2.75) is 51.0 Å². The van der Waals surface area contributed by atoms with E-state index in [0.29, 0.717) is 45.3 Å². The molecule has 194 valence electrons. The van der Waals surface area contributed by atoms with E-state index in [1.807, 2.05) is 35.2 Å². The predicted octanol–water partition coefficient (Wildman–Crippen LogP) is 5.81. The third-order valence-electron chi connectivity index (χ3n) is 7.17.